The van der Waals surface area contributed by atoms with Crippen molar-refractivity contribution in [2.75, 3.05) is 4.90 Å². The van der Waals surface area contributed by atoms with Gasteiger partial charge in [0.1, 0.15) is 0 Å². The number of hydrogen-bond acceptors (Lipinski definition) is 1. The van der Waals surface area contributed by atoms with Crippen molar-refractivity contribution >= 4 is 49.4 Å². The number of fused-ring (bicyclic) bond motifs is 7. The molecule has 1 aliphatic rings. The van der Waals surface area contributed by atoms with E-state index in [0.717, 1.165) is 17.1 Å². The maximum Gasteiger partial charge on any atom is 0.0625 e. The van der Waals surface area contributed by atoms with Gasteiger partial charge in [0.05, 0.1) is 5.69 Å². The molecule has 0 N–H and O–H groups in total. The largest absolute Gasteiger partial charge is 0.309 e. The first kappa shape index (κ1) is 37.7. The number of rotatable bonds is 7. The van der Waals surface area contributed by atoms with Crippen LogP contribution in [0, 0.1) is 0 Å². The molecule has 0 saturated heterocycles. The van der Waals surface area contributed by atoms with Crippen molar-refractivity contribution in [3.8, 4) is 55.6 Å². The van der Waals surface area contributed by atoms with E-state index in [-0.39, 0.29) is 5.41 Å². The molecule has 64 heavy (non-hydrogen) atoms. The summed E-state index contributed by atoms with van der Waals surface area (Å²) in [4.78, 5) is 2.57. The van der Waals surface area contributed by atoms with Crippen LogP contribution in [0.2, 0.25) is 0 Å². The third-order valence-electron chi connectivity index (χ3n) is 13.6. The summed E-state index contributed by atoms with van der Waals surface area (Å²) in [5.41, 5.74) is 18.1. The fourth-order valence-electron chi connectivity index (χ4n) is 10.6. The lowest BCUT2D eigenvalue weighted by molar-refractivity contribution is 0.660. The average Bonchev–Trinajstić information content (AvgIpc) is 3.59. The Hall–Kier alpha value is -8.00. The molecule has 12 rings (SSSR count). The minimum atomic E-state index is -0.243. The molecule has 1 heteroatoms. The summed E-state index contributed by atoms with van der Waals surface area (Å²) in [6, 6.07) is 87.4. The zero-order valence-corrected chi connectivity index (χ0v) is 36.0. The standard InChI is InChI=1S/C63H45N/c1-63(2)59-39-46(42-19-6-3-7-20-42)33-36-53(59)54-38-35-48(41-60(54)63)64(47-34-37-50(43-21-8-4-9-22-43)58(40-47)45-23-10-5-11-24-45)62-57-31-17-15-29-52(57)51-28-14-16-30-56(51)61(62)55-32-18-26-44-25-12-13-27-49(44)55/h3-41H,1-2H3. The molecule has 1 nitrogen and oxygen atoms in total. The molecule has 0 spiro atoms. The van der Waals surface area contributed by atoms with E-state index >= 15 is 0 Å². The molecule has 0 atom stereocenters. The van der Waals surface area contributed by atoms with Crippen LogP contribution in [0.1, 0.15) is 25.0 Å². The summed E-state index contributed by atoms with van der Waals surface area (Å²) in [6.07, 6.45) is 0. The molecule has 0 bridgehead atoms. The lowest BCUT2D eigenvalue weighted by Gasteiger charge is -2.32. The van der Waals surface area contributed by atoms with Gasteiger partial charge >= 0.3 is 0 Å². The van der Waals surface area contributed by atoms with Gasteiger partial charge < -0.3 is 4.90 Å². The first-order valence-electron chi connectivity index (χ1n) is 22.3. The first-order valence-corrected chi connectivity index (χ1v) is 22.3. The Kier molecular flexibility index (Phi) is 8.91. The maximum absolute atomic E-state index is 2.57. The van der Waals surface area contributed by atoms with E-state index in [9.17, 15) is 0 Å². The van der Waals surface area contributed by atoms with Gasteiger partial charge in [-0.3, -0.25) is 0 Å². The lowest BCUT2D eigenvalue weighted by Crippen LogP contribution is -2.17. The second-order valence-corrected chi connectivity index (χ2v) is 17.6. The molecule has 11 aromatic carbocycles. The average molecular weight is 816 g/mol. The Morgan fingerprint density at radius 2 is 0.781 bits per heavy atom. The van der Waals surface area contributed by atoms with Crippen LogP contribution in [-0.2, 0) is 5.41 Å². The van der Waals surface area contributed by atoms with E-state index in [1.807, 2.05) is 0 Å². The topological polar surface area (TPSA) is 3.24 Å². The molecular weight excluding hydrogens is 771 g/mol. The predicted octanol–water partition coefficient (Wildman–Crippen LogP) is 17.6. The van der Waals surface area contributed by atoms with Crippen LogP contribution in [0.3, 0.4) is 0 Å². The van der Waals surface area contributed by atoms with E-state index in [1.54, 1.807) is 0 Å². The number of hydrogen-bond donors (Lipinski definition) is 0. The van der Waals surface area contributed by atoms with E-state index < -0.39 is 0 Å². The van der Waals surface area contributed by atoms with Crippen LogP contribution < -0.4 is 4.90 Å². The van der Waals surface area contributed by atoms with Crippen LogP contribution in [0.15, 0.2) is 237 Å². The second-order valence-electron chi connectivity index (χ2n) is 17.6. The number of anilines is 3. The van der Waals surface area contributed by atoms with Gasteiger partial charge in [-0.15, -0.1) is 0 Å². The lowest BCUT2D eigenvalue weighted by atomic mass is 9.81. The van der Waals surface area contributed by atoms with E-state index in [1.165, 1.54) is 99.1 Å². The SMILES string of the molecule is CC1(C)c2cc(-c3ccccc3)ccc2-c2ccc(N(c3ccc(-c4ccccc4)c(-c4ccccc4)c3)c3c(-c4cccc5ccccc45)c4ccccc4c4ccccc34)cc21. The summed E-state index contributed by atoms with van der Waals surface area (Å²) >= 11 is 0. The highest BCUT2D eigenvalue weighted by Gasteiger charge is 2.37. The van der Waals surface area contributed by atoms with Crippen molar-refractivity contribution in [2.24, 2.45) is 0 Å². The van der Waals surface area contributed by atoms with Gasteiger partial charge in [0, 0.05) is 27.7 Å². The molecule has 0 amide bonds. The minimum Gasteiger partial charge on any atom is -0.309 e. The molecular formula is C63H45N. The van der Waals surface area contributed by atoms with Crippen molar-refractivity contribution < 1.29 is 0 Å². The Morgan fingerprint density at radius 1 is 0.297 bits per heavy atom. The van der Waals surface area contributed by atoms with Crippen molar-refractivity contribution in [3.63, 3.8) is 0 Å². The molecule has 0 fully saturated rings. The van der Waals surface area contributed by atoms with Gasteiger partial charge in [0.2, 0.25) is 0 Å². The molecule has 0 saturated carbocycles. The van der Waals surface area contributed by atoms with Crippen molar-refractivity contribution in [1.29, 1.82) is 0 Å². The highest BCUT2D eigenvalue weighted by atomic mass is 15.1. The van der Waals surface area contributed by atoms with Gasteiger partial charge in [-0.05, 0) is 118 Å². The first-order chi connectivity index (χ1) is 31.5. The highest BCUT2D eigenvalue weighted by Crippen LogP contribution is 2.55. The fourth-order valence-corrected chi connectivity index (χ4v) is 10.6. The zero-order chi connectivity index (χ0) is 42.8. The predicted molar refractivity (Wildman–Crippen MR) is 273 cm³/mol. The van der Waals surface area contributed by atoms with Gasteiger partial charge in [-0.1, -0.05) is 220 Å². The Balaban J connectivity index is 1.18. The van der Waals surface area contributed by atoms with E-state index in [0.29, 0.717) is 0 Å². The third-order valence-corrected chi connectivity index (χ3v) is 13.6. The highest BCUT2D eigenvalue weighted by molar-refractivity contribution is 6.24. The molecule has 0 aliphatic heterocycles. The Bertz CT molecular complexity index is 3560. The van der Waals surface area contributed by atoms with Crippen molar-refractivity contribution in [2.45, 2.75) is 19.3 Å². The van der Waals surface area contributed by atoms with Crippen LogP contribution >= 0.6 is 0 Å². The maximum atomic E-state index is 2.57. The van der Waals surface area contributed by atoms with E-state index in [2.05, 4.69) is 255 Å². The second kappa shape index (κ2) is 15.1. The zero-order valence-electron chi connectivity index (χ0n) is 36.0. The molecule has 302 valence electrons. The fraction of sp³-hybridized carbons (Fsp3) is 0.0476. The number of benzene rings is 11. The molecule has 11 aromatic rings. The molecule has 0 unspecified atom stereocenters. The smallest absolute Gasteiger partial charge is 0.0625 e. The summed E-state index contributed by atoms with van der Waals surface area (Å²) in [7, 11) is 0. The van der Waals surface area contributed by atoms with Gasteiger partial charge in [-0.25, -0.2) is 0 Å². The molecule has 0 heterocycles. The summed E-state index contributed by atoms with van der Waals surface area (Å²) in [5, 5.41) is 7.36. The van der Waals surface area contributed by atoms with Gasteiger partial charge in [0.15, 0.2) is 0 Å². The van der Waals surface area contributed by atoms with Crippen molar-refractivity contribution in [1.82, 2.24) is 0 Å². The van der Waals surface area contributed by atoms with Crippen LogP contribution in [0.25, 0.3) is 88.0 Å². The quantitative estimate of drug-likeness (QED) is 0.145. The monoisotopic (exact) mass is 815 g/mol. The van der Waals surface area contributed by atoms with Crippen molar-refractivity contribution in [3.05, 3.63) is 248 Å². The molecule has 0 radical (unpaired) electrons. The van der Waals surface area contributed by atoms with Crippen LogP contribution in [-0.4, -0.2) is 0 Å². The Labute approximate surface area is 375 Å². The molecule has 1 aliphatic carbocycles. The molecule has 0 aromatic heterocycles. The van der Waals surface area contributed by atoms with E-state index in [4.69, 9.17) is 0 Å². The summed E-state index contributed by atoms with van der Waals surface area (Å²) in [5.74, 6) is 0. The third kappa shape index (κ3) is 6.08. The normalized spacial score (nSPS) is 12.7. The van der Waals surface area contributed by atoms with Gasteiger partial charge in [0.25, 0.3) is 0 Å². The van der Waals surface area contributed by atoms with Gasteiger partial charge in [-0.2, -0.15) is 0 Å². The summed E-state index contributed by atoms with van der Waals surface area (Å²) < 4.78 is 0. The minimum absolute atomic E-state index is 0.243. The van der Waals surface area contributed by atoms with Crippen LogP contribution in [0.5, 0.6) is 0 Å². The Morgan fingerprint density at radius 3 is 1.47 bits per heavy atom. The summed E-state index contributed by atoms with van der Waals surface area (Å²) in [6.45, 7) is 4.80. The number of nitrogens with zero attached hydrogens (tertiary/aromatic N) is 1. The van der Waals surface area contributed by atoms with Crippen LogP contribution in [0.4, 0.5) is 17.1 Å².